The van der Waals surface area contributed by atoms with Crippen LogP contribution in [-0.2, 0) is 13.2 Å². The number of hydrogen-bond donors (Lipinski definition) is 2. The van der Waals surface area contributed by atoms with Crippen molar-refractivity contribution in [2.75, 3.05) is 6.54 Å². The largest absolute Gasteiger partial charge is 0.389 e. The summed E-state index contributed by atoms with van der Waals surface area (Å²) < 4.78 is 1.71. The second-order valence-electron chi connectivity index (χ2n) is 6.21. The first-order valence-electron chi connectivity index (χ1n) is 8.28. The van der Waals surface area contributed by atoms with Crippen molar-refractivity contribution >= 4 is 22.8 Å². The molecular formula is C19H17N3O4. The van der Waals surface area contributed by atoms with Gasteiger partial charge in [-0.05, 0) is 24.3 Å². The number of para-hydroxylation sites is 2. The third kappa shape index (κ3) is 2.58. The number of amides is 2. The summed E-state index contributed by atoms with van der Waals surface area (Å²) in [6, 6.07) is 14.0. The van der Waals surface area contributed by atoms with Gasteiger partial charge in [0.15, 0.2) is 0 Å². The molecular weight excluding hydrogens is 334 g/mol. The average Bonchev–Trinajstić information content (AvgIpc) is 3.13. The van der Waals surface area contributed by atoms with Crippen LogP contribution < -0.4 is 0 Å². The highest BCUT2D eigenvalue weighted by Crippen LogP contribution is 2.23. The van der Waals surface area contributed by atoms with E-state index in [0.717, 1.165) is 10.4 Å². The van der Waals surface area contributed by atoms with E-state index < -0.39 is 17.9 Å². The Hall–Kier alpha value is -3.03. The van der Waals surface area contributed by atoms with Crippen molar-refractivity contribution in [3.05, 3.63) is 65.5 Å². The third-order valence-electron chi connectivity index (χ3n) is 4.54. The SMILES string of the molecule is O=C1c2ccccc2C(=O)N1C[C@H](O)Cn1c(CO)nc2ccccc21. The Morgan fingerprint density at radius 3 is 2.19 bits per heavy atom. The second kappa shape index (κ2) is 6.36. The number of nitrogens with zero attached hydrogens (tertiary/aromatic N) is 3. The zero-order valence-electron chi connectivity index (χ0n) is 13.9. The zero-order valence-corrected chi connectivity index (χ0v) is 13.9. The number of aliphatic hydroxyl groups excluding tert-OH is 2. The first-order valence-corrected chi connectivity index (χ1v) is 8.28. The van der Waals surface area contributed by atoms with E-state index in [0.29, 0.717) is 22.5 Å². The maximum absolute atomic E-state index is 12.4. The molecule has 0 unspecified atom stereocenters. The molecule has 0 bridgehead atoms. The molecule has 2 aromatic carbocycles. The summed E-state index contributed by atoms with van der Waals surface area (Å²) in [6.45, 7) is -0.276. The van der Waals surface area contributed by atoms with Crippen LogP contribution in [0.25, 0.3) is 11.0 Å². The molecule has 7 nitrogen and oxygen atoms in total. The molecule has 26 heavy (non-hydrogen) atoms. The number of aromatic nitrogens is 2. The Morgan fingerprint density at radius 2 is 1.54 bits per heavy atom. The highest BCUT2D eigenvalue weighted by atomic mass is 16.3. The van der Waals surface area contributed by atoms with E-state index in [9.17, 15) is 19.8 Å². The van der Waals surface area contributed by atoms with Gasteiger partial charge in [-0.15, -0.1) is 0 Å². The Labute approximate surface area is 149 Å². The molecule has 0 aliphatic carbocycles. The van der Waals surface area contributed by atoms with Gasteiger partial charge < -0.3 is 14.8 Å². The van der Waals surface area contributed by atoms with Crippen molar-refractivity contribution in [1.82, 2.24) is 14.5 Å². The lowest BCUT2D eigenvalue weighted by atomic mass is 10.1. The second-order valence-corrected chi connectivity index (χ2v) is 6.21. The van der Waals surface area contributed by atoms with Crippen LogP contribution >= 0.6 is 0 Å². The van der Waals surface area contributed by atoms with Gasteiger partial charge in [-0.25, -0.2) is 4.98 Å². The van der Waals surface area contributed by atoms with Gasteiger partial charge in [-0.3, -0.25) is 14.5 Å². The van der Waals surface area contributed by atoms with Crippen molar-refractivity contribution in [1.29, 1.82) is 0 Å². The molecule has 0 fully saturated rings. The number of rotatable bonds is 5. The van der Waals surface area contributed by atoms with E-state index in [4.69, 9.17) is 0 Å². The molecule has 4 rings (SSSR count). The Balaban J connectivity index is 1.56. The van der Waals surface area contributed by atoms with Crippen LogP contribution in [-0.4, -0.2) is 49.1 Å². The fraction of sp³-hybridized carbons (Fsp3) is 0.211. The highest BCUT2D eigenvalue weighted by molar-refractivity contribution is 6.21. The van der Waals surface area contributed by atoms with E-state index in [-0.39, 0.29) is 19.7 Å². The summed E-state index contributed by atoms with van der Waals surface area (Å²) in [5, 5.41) is 20.0. The number of benzene rings is 2. The molecule has 0 saturated carbocycles. The number of carbonyl (C=O) groups excluding carboxylic acids is 2. The van der Waals surface area contributed by atoms with E-state index >= 15 is 0 Å². The highest BCUT2D eigenvalue weighted by Gasteiger charge is 2.36. The molecule has 0 saturated heterocycles. The summed E-state index contributed by atoms with van der Waals surface area (Å²) in [6.07, 6.45) is -0.986. The minimum absolute atomic E-state index is 0.115. The van der Waals surface area contributed by atoms with Gasteiger partial charge in [0.1, 0.15) is 12.4 Å². The summed E-state index contributed by atoms with van der Waals surface area (Å²) in [5.74, 6) is -0.377. The standard InChI is InChI=1S/C19H17N3O4/c23-11-17-20-15-7-3-4-8-16(15)21(17)9-12(24)10-22-18(25)13-5-1-2-6-14(13)19(22)26/h1-8,12,23-24H,9-11H2/t12-/m1/s1. The van der Waals surface area contributed by atoms with Gasteiger partial charge in [-0.2, -0.15) is 0 Å². The van der Waals surface area contributed by atoms with Crippen LogP contribution in [0.15, 0.2) is 48.5 Å². The molecule has 1 atom stereocenters. The monoisotopic (exact) mass is 351 g/mol. The molecule has 2 heterocycles. The lowest BCUT2D eigenvalue weighted by Gasteiger charge is -2.20. The van der Waals surface area contributed by atoms with Gasteiger partial charge in [0.2, 0.25) is 0 Å². The van der Waals surface area contributed by atoms with Gasteiger partial charge >= 0.3 is 0 Å². The van der Waals surface area contributed by atoms with Crippen LogP contribution in [0.5, 0.6) is 0 Å². The first kappa shape index (κ1) is 16.4. The summed E-state index contributed by atoms with van der Waals surface area (Å²) in [4.78, 5) is 30.2. The molecule has 1 aliphatic heterocycles. The average molecular weight is 351 g/mol. The van der Waals surface area contributed by atoms with E-state index in [1.165, 1.54) is 0 Å². The van der Waals surface area contributed by atoms with Crippen molar-refractivity contribution < 1.29 is 19.8 Å². The minimum Gasteiger partial charge on any atom is -0.389 e. The zero-order chi connectivity index (χ0) is 18.3. The van der Waals surface area contributed by atoms with E-state index in [1.54, 1.807) is 28.8 Å². The van der Waals surface area contributed by atoms with Crippen molar-refractivity contribution in [3.8, 4) is 0 Å². The molecule has 0 spiro atoms. The summed E-state index contributed by atoms with van der Waals surface area (Å²) >= 11 is 0. The van der Waals surface area contributed by atoms with Crippen molar-refractivity contribution in [2.45, 2.75) is 19.3 Å². The lowest BCUT2D eigenvalue weighted by molar-refractivity contribution is 0.0520. The lowest BCUT2D eigenvalue weighted by Crippen LogP contribution is -2.38. The molecule has 2 N–H and O–H groups in total. The molecule has 3 aromatic rings. The maximum atomic E-state index is 12.4. The van der Waals surface area contributed by atoms with Crippen LogP contribution in [0.4, 0.5) is 0 Å². The number of imide groups is 1. The fourth-order valence-electron chi connectivity index (χ4n) is 3.33. The third-order valence-corrected chi connectivity index (χ3v) is 4.54. The van der Waals surface area contributed by atoms with Crippen LogP contribution in [0, 0.1) is 0 Å². The van der Waals surface area contributed by atoms with Crippen molar-refractivity contribution in [2.24, 2.45) is 0 Å². The molecule has 1 aromatic heterocycles. The van der Waals surface area contributed by atoms with Gasteiger partial charge in [0.05, 0.1) is 41.4 Å². The first-order chi connectivity index (χ1) is 12.6. The van der Waals surface area contributed by atoms with E-state index in [1.807, 2.05) is 24.3 Å². The number of aliphatic hydroxyl groups is 2. The fourth-order valence-corrected chi connectivity index (χ4v) is 3.33. The number of β-amino-alcohol motifs (C(OH)–C–C–N with tert-alkyl or cyclic N) is 1. The number of imidazole rings is 1. The summed E-state index contributed by atoms with van der Waals surface area (Å²) in [5.41, 5.74) is 2.20. The Morgan fingerprint density at radius 1 is 0.923 bits per heavy atom. The molecule has 1 aliphatic rings. The Bertz CT molecular complexity index is 976. The molecule has 7 heteroatoms. The predicted octanol–water partition coefficient (Wildman–Crippen LogP) is 1.19. The molecule has 0 radical (unpaired) electrons. The minimum atomic E-state index is -0.986. The molecule has 2 amide bonds. The van der Waals surface area contributed by atoms with Gasteiger partial charge in [0.25, 0.3) is 11.8 Å². The van der Waals surface area contributed by atoms with Crippen molar-refractivity contribution in [3.63, 3.8) is 0 Å². The Kier molecular flexibility index (Phi) is 4.02. The smallest absolute Gasteiger partial charge is 0.261 e. The van der Waals surface area contributed by atoms with Crippen LogP contribution in [0.2, 0.25) is 0 Å². The summed E-state index contributed by atoms with van der Waals surface area (Å²) in [7, 11) is 0. The van der Waals surface area contributed by atoms with Crippen LogP contribution in [0.3, 0.4) is 0 Å². The number of hydrogen-bond acceptors (Lipinski definition) is 5. The van der Waals surface area contributed by atoms with Gasteiger partial charge in [0, 0.05) is 0 Å². The van der Waals surface area contributed by atoms with Crippen LogP contribution in [0.1, 0.15) is 26.5 Å². The normalized spacial score (nSPS) is 14.9. The maximum Gasteiger partial charge on any atom is 0.261 e. The van der Waals surface area contributed by atoms with Gasteiger partial charge in [-0.1, -0.05) is 24.3 Å². The van der Waals surface area contributed by atoms with E-state index in [2.05, 4.69) is 4.98 Å². The topological polar surface area (TPSA) is 95.7 Å². The quantitative estimate of drug-likeness (QED) is 0.673. The number of fused-ring (bicyclic) bond motifs is 2. The number of carbonyl (C=O) groups is 2. The molecule has 132 valence electrons. The predicted molar refractivity (Wildman–Crippen MR) is 93.5 cm³/mol.